The maximum absolute atomic E-state index is 10.4. The van der Waals surface area contributed by atoms with Gasteiger partial charge in [-0.15, -0.1) is 0 Å². The van der Waals surface area contributed by atoms with Crippen molar-refractivity contribution in [2.45, 2.75) is 6.42 Å². The molecule has 0 aromatic carbocycles. The molecule has 0 aliphatic heterocycles. The molecule has 11 heavy (non-hydrogen) atoms. The molecule has 0 unspecified atom stereocenters. The van der Waals surface area contributed by atoms with Crippen LogP contribution in [-0.2, 0) is 9.53 Å². The first-order chi connectivity index (χ1) is 5.16. The molecule has 0 rings (SSSR count). The smallest absolute Gasteiger partial charge is 0.408 e. The minimum Gasteiger partial charge on any atom is -0.481 e. The Morgan fingerprint density at radius 2 is 2.18 bits per heavy atom. The second-order valence-corrected chi connectivity index (χ2v) is 1.83. The van der Waals surface area contributed by atoms with Gasteiger partial charge in [0.25, 0.3) is 0 Å². The van der Waals surface area contributed by atoms with Crippen molar-refractivity contribution in [3.63, 3.8) is 0 Å². The second kappa shape index (κ2) is 5.79. The second-order valence-electron chi connectivity index (χ2n) is 1.61. The standard InChI is InChI=1S/C5H8ClNO4/c6-3-11-5(10)7-2-1-4(8)9/h1-3H2,(H,7,10)(H,8,9). The number of nitrogens with one attached hydrogen (secondary N) is 1. The first kappa shape index (κ1) is 10.0. The van der Waals surface area contributed by atoms with Crippen LogP contribution in [-0.4, -0.2) is 29.8 Å². The fourth-order valence-electron chi connectivity index (χ4n) is 0.372. The Morgan fingerprint density at radius 1 is 1.55 bits per heavy atom. The zero-order valence-corrected chi connectivity index (χ0v) is 6.43. The normalized spacial score (nSPS) is 8.82. The molecule has 5 nitrogen and oxygen atoms in total. The number of hydrogen-bond acceptors (Lipinski definition) is 3. The van der Waals surface area contributed by atoms with Gasteiger partial charge in [0.2, 0.25) is 0 Å². The van der Waals surface area contributed by atoms with Crippen molar-refractivity contribution < 1.29 is 19.4 Å². The summed E-state index contributed by atoms with van der Waals surface area (Å²) in [6.07, 6.45) is -0.835. The van der Waals surface area contributed by atoms with Crippen LogP contribution in [0, 0.1) is 0 Å². The van der Waals surface area contributed by atoms with Crippen LogP contribution in [0.4, 0.5) is 4.79 Å². The van der Waals surface area contributed by atoms with Crippen LogP contribution in [0.15, 0.2) is 0 Å². The van der Waals surface area contributed by atoms with E-state index in [0.29, 0.717) is 0 Å². The molecule has 6 heteroatoms. The largest absolute Gasteiger partial charge is 0.481 e. The van der Waals surface area contributed by atoms with Gasteiger partial charge in [-0.3, -0.25) is 4.79 Å². The highest BCUT2D eigenvalue weighted by atomic mass is 35.5. The lowest BCUT2D eigenvalue weighted by Crippen LogP contribution is -2.26. The van der Waals surface area contributed by atoms with Crippen molar-refractivity contribution in [1.82, 2.24) is 5.32 Å². The predicted octanol–water partition coefficient (Wildman–Crippen LogP) is 0.384. The van der Waals surface area contributed by atoms with E-state index in [9.17, 15) is 9.59 Å². The van der Waals surface area contributed by atoms with Crippen LogP contribution in [0.5, 0.6) is 0 Å². The number of alkyl carbamates (subject to hydrolysis) is 1. The summed E-state index contributed by atoms with van der Waals surface area (Å²) in [4.78, 5) is 20.3. The molecule has 0 fully saturated rings. The molecule has 0 bridgehead atoms. The molecular formula is C5H8ClNO4. The van der Waals surface area contributed by atoms with Crippen LogP contribution in [0.3, 0.4) is 0 Å². The molecule has 0 atom stereocenters. The molecule has 0 spiro atoms. The van der Waals surface area contributed by atoms with Gasteiger partial charge in [-0.2, -0.15) is 0 Å². The Kier molecular flexibility index (Phi) is 5.28. The Morgan fingerprint density at radius 3 is 2.64 bits per heavy atom. The van der Waals surface area contributed by atoms with Crippen molar-refractivity contribution >= 4 is 23.7 Å². The predicted molar refractivity (Wildman–Crippen MR) is 37.5 cm³/mol. The highest BCUT2D eigenvalue weighted by Crippen LogP contribution is 1.82. The highest BCUT2D eigenvalue weighted by Gasteiger charge is 2.01. The van der Waals surface area contributed by atoms with Crippen molar-refractivity contribution in [1.29, 1.82) is 0 Å². The van der Waals surface area contributed by atoms with Crippen LogP contribution in [0.25, 0.3) is 0 Å². The van der Waals surface area contributed by atoms with Gasteiger partial charge in [0.15, 0.2) is 6.07 Å². The van der Waals surface area contributed by atoms with E-state index in [-0.39, 0.29) is 19.0 Å². The van der Waals surface area contributed by atoms with Crippen molar-refractivity contribution in [2.75, 3.05) is 12.6 Å². The maximum atomic E-state index is 10.4. The summed E-state index contributed by atoms with van der Waals surface area (Å²) in [7, 11) is 0. The Bertz CT molecular complexity index is 149. The summed E-state index contributed by atoms with van der Waals surface area (Å²) in [6.45, 7) is 0.0467. The average molecular weight is 182 g/mol. The summed E-state index contributed by atoms with van der Waals surface area (Å²) in [5, 5.41) is 10.3. The summed E-state index contributed by atoms with van der Waals surface area (Å²) < 4.78 is 4.25. The summed E-state index contributed by atoms with van der Waals surface area (Å²) in [6, 6.07) is -0.237. The maximum Gasteiger partial charge on any atom is 0.408 e. The van der Waals surface area contributed by atoms with Crippen molar-refractivity contribution in [3.8, 4) is 0 Å². The molecule has 0 aromatic heterocycles. The van der Waals surface area contributed by atoms with Crippen LogP contribution < -0.4 is 5.32 Å². The molecule has 64 valence electrons. The van der Waals surface area contributed by atoms with Crippen LogP contribution in [0.2, 0.25) is 0 Å². The van der Waals surface area contributed by atoms with Gasteiger partial charge < -0.3 is 15.2 Å². The highest BCUT2D eigenvalue weighted by molar-refractivity contribution is 6.17. The van der Waals surface area contributed by atoms with E-state index in [1.807, 2.05) is 0 Å². The average Bonchev–Trinajstić information content (AvgIpc) is 1.87. The number of carbonyl (C=O) groups is 2. The molecule has 0 heterocycles. The number of hydrogen-bond donors (Lipinski definition) is 2. The fraction of sp³-hybridized carbons (Fsp3) is 0.600. The molecule has 0 saturated carbocycles. The molecule has 0 aliphatic rings. The summed E-state index contributed by atoms with van der Waals surface area (Å²) in [5.41, 5.74) is 0. The Balaban J connectivity index is 3.24. The molecule has 0 saturated heterocycles. The zero-order valence-electron chi connectivity index (χ0n) is 5.67. The van der Waals surface area contributed by atoms with Gasteiger partial charge in [0.1, 0.15) is 0 Å². The number of halogens is 1. The number of amides is 1. The first-order valence-electron chi connectivity index (χ1n) is 2.85. The van der Waals surface area contributed by atoms with E-state index in [0.717, 1.165) is 0 Å². The third kappa shape index (κ3) is 6.92. The lowest BCUT2D eigenvalue weighted by atomic mass is 10.4. The molecule has 0 aliphatic carbocycles. The third-order valence-electron chi connectivity index (χ3n) is 0.794. The Hall–Kier alpha value is -0.970. The fourth-order valence-corrected chi connectivity index (χ4v) is 0.471. The third-order valence-corrected chi connectivity index (χ3v) is 0.903. The number of aliphatic carboxylic acids is 1. The van der Waals surface area contributed by atoms with Gasteiger partial charge in [-0.25, -0.2) is 4.79 Å². The number of carboxylic acids is 1. The van der Waals surface area contributed by atoms with E-state index < -0.39 is 12.1 Å². The first-order valence-corrected chi connectivity index (χ1v) is 3.38. The molecule has 0 radical (unpaired) electrons. The Labute approximate surface area is 68.3 Å². The molecule has 1 amide bonds. The minimum atomic E-state index is -0.976. The van der Waals surface area contributed by atoms with E-state index in [1.165, 1.54) is 0 Å². The quantitative estimate of drug-likeness (QED) is 0.615. The van der Waals surface area contributed by atoms with E-state index >= 15 is 0 Å². The lowest BCUT2D eigenvalue weighted by molar-refractivity contribution is -0.136. The lowest BCUT2D eigenvalue weighted by Gasteiger charge is -2.00. The summed E-state index contributed by atoms with van der Waals surface area (Å²) >= 11 is 5.04. The van der Waals surface area contributed by atoms with Gasteiger partial charge >= 0.3 is 12.1 Å². The number of carboxylic acid groups (broad SMARTS) is 1. The number of alkyl halides is 1. The molecular weight excluding hydrogens is 174 g/mol. The van der Waals surface area contributed by atoms with E-state index in [4.69, 9.17) is 16.7 Å². The van der Waals surface area contributed by atoms with Crippen molar-refractivity contribution in [3.05, 3.63) is 0 Å². The summed E-state index contributed by atoms with van der Waals surface area (Å²) in [5.74, 6) is -0.976. The van der Waals surface area contributed by atoms with Gasteiger partial charge in [0, 0.05) is 6.54 Å². The SMILES string of the molecule is O=C(O)CCNC(=O)OCCl. The van der Waals surface area contributed by atoms with Gasteiger partial charge in [-0.05, 0) is 0 Å². The van der Waals surface area contributed by atoms with Gasteiger partial charge in [0.05, 0.1) is 6.42 Å². The molecule has 2 N–H and O–H groups in total. The van der Waals surface area contributed by atoms with Crippen LogP contribution >= 0.6 is 11.6 Å². The molecule has 0 aromatic rings. The van der Waals surface area contributed by atoms with E-state index in [1.54, 1.807) is 0 Å². The monoisotopic (exact) mass is 181 g/mol. The van der Waals surface area contributed by atoms with Gasteiger partial charge in [-0.1, -0.05) is 11.6 Å². The van der Waals surface area contributed by atoms with Crippen molar-refractivity contribution in [2.24, 2.45) is 0 Å². The zero-order chi connectivity index (χ0) is 8.69. The number of ether oxygens (including phenoxy) is 1. The number of carbonyl (C=O) groups excluding carboxylic acids is 1. The minimum absolute atomic E-state index is 0.0467. The number of rotatable bonds is 4. The van der Waals surface area contributed by atoms with Crippen LogP contribution in [0.1, 0.15) is 6.42 Å². The topological polar surface area (TPSA) is 75.6 Å². The van der Waals surface area contributed by atoms with E-state index in [2.05, 4.69) is 10.1 Å².